The van der Waals surface area contributed by atoms with Crippen molar-refractivity contribution in [1.82, 2.24) is 9.78 Å². The summed E-state index contributed by atoms with van der Waals surface area (Å²) in [5, 5.41) is 9.12. The number of benzene rings is 2. The van der Waals surface area contributed by atoms with Crippen molar-refractivity contribution < 1.29 is 18.7 Å². The lowest BCUT2D eigenvalue weighted by Gasteiger charge is -2.07. The molecule has 1 N–H and O–H groups in total. The van der Waals surface area contributed by atoms with E-state index in [2.05, 4.69) is 10.4 Å². The first kappa shape index (κ1) is 22.4. The van der Waals surface area contributed by atoms with Gasteiger partial charge < -0.3 is 10.1 Å². The minimum atomic E-state index is -0.694. The van der Waals surface area contributed by atoms with Crippen LogP contribution in [0.15, 0.2) is 78.3 Å². The fourth-order valence-electron chi connectivity index (χ4n) is 2.95. The number of para-hydroxylation sites is 1. The number of hydrogen-bond acceptors (Lipinski definition) is 5. The number of halogens is 2. The third-order valence-electron chi connectivity index (χ3n) is 4.47. The van der Waals surface area contributed by atoms with Gasteiger partial charge in [-0.25, -0.2) is 13.9 Å². The van der Waals surface area contributed by atoms with Crippen LogP contribution in [0.25, 0.3) is 22.3 Å². The van der Waals surface area contributed by atoms with Crippen molar-refractivity contribution in [2.24, 2.45) is 0 Å². The van der Waals surface area contributed by atoms with E-state index in [1.807, 2.05) is 54.0 Å². The molecule has 0 saturated carbocycles. The van der Waals surface area contributed by atoms with Gasteiger partial charge in [0.25, 0.3) is 5.91 Å². The second-order valence-electron chi connectivity index (χ2n) is 6.80. The fourth-order valence-corrected chi connectivity index (χ4v) is 3.89. The van der Waals surface area contributed by atoms with Gasteiger partial charge in [-0.2, -0.15) is 5.10 Å². The van der Waals surface area contributed by atoms with Gasteiger partial charge in [0.15, 0.2) is 6.61 Å². The van der Waals surface area contributed by atoms with Gasteiger partial charge in [0.1, 0.15) is 11.5 Å². The highest BCUT2D eigenvalue weighted by Crippen LogP contribution is 2.28. The highest BCUT2D eigenvalue weighted by Gasteiger charge is 2.13. The summed E-state index contributed by atoms with van der Waals surface area (Å²) >= 11 is 7.41. The Morgan fingerprint density at radius 2 is 1.97 bits per heavy atom. The smallest absolute Gasteiger partial charge is 0.331 e. The summed E-state index contributed by atoms with van der Waals surface area (Å²) in [4.78, 5) is 25.1. The number of carbonyl (C=O) groups is 2. The molecule has 2 aromatic carbocycles. The molecule has 0 bridgehead atoms. The Morgan fingerprint density at radius 1 is 1.15 bits per heavy atom. The largest absolute Gasteiger partial charge is 0.452 e. The minimum absolute atomic E-state index is 0.0473. The summed E-state index contributed by atoms with van der Waals surface area (Å²) in [6, 6.07) is 17.1. The van der Waals surface area contributed by atoms with Crippen LogP contribution in [0.4, 0.5) is 10.1 Å². The molecule has 0 aliphatic carbocycles. The molecule has 0 spiro atoms. The SMILES string of the molecule is O=C(COC(=O)/C=C/c1cn(-c2ccccc2)nc1-c1cccs1)Nc1ccc(F)cc1Cl. The van der Waals surface area contributed by atoms with Crippen molar-refractivity contribution in [3.05, 3.63) is 94.7 Å². The molecule has 166 valence electrons. The number of rotatable bonds is 7. The van der Waals surface area contributed by atoms with Crippen LogP contribution in [0.5, 0.6) is 0 Å². The van der Waals surface area contributed by atoms with Crippen LogP contribution in [0, 0.1) is 5.82 Å². The maximum Gasteiger partial charge on any atom is 0.331 e. The molecule has 0 aliphatic rings. The second-order valence-corrected chi connectivity index (χ2v) is 8.16. The fraction of sp³-hybridized carbons (Fsp3) is 0.0417. The predicted molar refractivity (Wildman–Crippen MR) is 127 cm³/mol. The van der Waals surface area contributed by atoms with Crippen LogP contribution < -0.4 is 5.32 Å². The Bertz CT molecular complexity index is 1300. The Morgan fingerprint density at radius 3 is 2.70 bits per heavy atom. The van der Waals surface area contributed by atoms with Crippen LogP contribution in [-0.2, 0) is 14.3 Å². The lowest BCUT2D eigenvalue weighted by atomic mass is 10.2. The first-order chi connectivity index (χ1) is 16.0. The Kier molecular flexibility index (Phi) is 6.97. The number of aromatic nitrogens is 2. The maximum absolute atomic E-state index is 13.1. The third kappa shape index (κ3) is 5.74. The van der Waals surface area contributed by atoms with E-state index in [-0.39, 0.29) is 10.7 Å². The summed E-state index contributed by atoms with van der Waals surface area (Å²) in [6.45, 7) is -0.516. The number of thiophene rings is 1. The third-order valence-corrected chi connectivity index (χ3v) is 5.66. The van der Waals surface area contributed by atoms with E-state index in [9.17, 15) is 14.0 Å². The molecule has 4 rings (SSSR count). The van der Waals surface area contributed by atoms with E-state index in [0.29, 0.717) is 0 Å². The molecule has 0 fully saturated rings. The standard InChI is InChI=1S/C24H17ClFN3O3S/c25-19-13-17(26)9-10-20(19)27-22(30)15-32-23(31)11-8-16-14-29(18-5-2-1-3-6-18)28-24(16)21-7-4-12-33-21/h1-14H,15H2,(H,27,30)/b11-8+. The lowest BCUT2D eigenvalue weighted by molar-refractivity contribution is -0.142. The van der Waals surface area contributed by atoms with Gasteiger partial charge in [0.2, 0.25) is 0 Å². The molecule has 2 aromatic heterocycles. The predicted octanol–water partition coefficient (Wildman–Crippen LogP) is 5.59. The molecule has 1 amide bonds. The number of esters is 1. The zero-order chi connectivity index (χ0) is 23.2. The number of nitrogens with zero attached hydrogens (tertiary/aromatic N) is 2. The first-order valence-electron chi connectivity index (χ1n) is 9.78. The van der Waals surface area contributed by atoms with Gasteiger partial charge in [-0.05, 0) is 47.9 Å². The second kappa shape index (κ2) is 10.2. The van der Waals surface area contributed by atoms with Crippen molar-refractivity contribution in [3.8, 4) is 16.3 Å². The summed E-state index contributed by atoms with van der Waals surface area (Å²) in [5.74, 6) is -1.81. The van der Waals surface area contributed by atoms with Crippen molar-refractivity contribution in [2.45, 2.75) is 0 Å². The monoisotopic (exact) mass is 481 g/mol. The summed E-state index contributed by atoms with van der Waals surface area (Å²) in [5.41, 5.74) is 2.56. The summed E-state index contributed by atoms with van der Waals surface area (Å²) < 4.78 is 19.8. The number of hydrogen-bond donors (Lipinski definition) is 1. The van der Waals surface area contributed by atoms with E-state index >= 15 is 0 Å². The summed E-state index contributed by atoms with van der Waals surface area (Å²) in [7, 11) is 0. The number of carbonyl (C=O) groups excluding carboxylic acids is 2. The number of nitrogens with one attached hydrogen (secondary N) is 1. The van der Waals surface area contributed by atoms with Crippen LogP contribution in [0.3, 0.4) is 0 Å². The van der Waals surface area contributed by atoms with Gasteiger partial charge in [-0.3, -0.25) is 4.79 Å². The number of ether oxygens (including phenoxy) is 1. The highest BCUT2D eigenvalue weighted by molar-refractivity contribution is 7.13. The molecule has 0 saturated heterocycles. The Labute approximate surface area is 197 Å². The van der Waals surface area contributed by atoms with Gasteiger partial charge >= 0.3 is 5.97 Å². The van der Waals surface area contributed by atoms with E-state index in [4.69, 9.17) is 16.3 Å². The van der Waals surface area contributed by atoms with Crippen molar-refractivity contribution in [2.75, 3.05) is 11.9 Å². The van der Waals surface area contributed by atoms with E-state index in [0.717, 1.165) is 34.0 Å². The van der Waals surface area contributed by atoms with E-state index in [1.54, 1.807) is 10.8 Å². The highest BCUT2D eigenvalue weighted by atomic mass is 35.5. The van der Waals surface area contributed by atoms with Crippen LogP contribution in [-0.4, -0.2) is 28.3 Å². The maximum atomic E-state index is 13.1. The van der Waals surface area contributed by atoms with Crippen molar-refractivity contribution in [3.63, 3.8) is 0 Å². The molecule has 0 atom stereocenters. The molecule has 2 heterocycles. The topological polar surface area (TPSA) is 73.2 Å². The van der Waals surface area contributed by atoms with Gasteiger partial charge in [-0.15, -0.1) is 11.3 Å². The van der Waals surface area contributed by atoms with Crippen LogP contribution >= 0.6 is 22.9 Å². The molecular weight excluding hydrogens is 465 g/mol. The van der Waals surface area contributed by atoms with Crippen molar-refractivity contribution in [1.29, 1.82) is 0 Å². The average molecular weight is 482 g/mol. The molecule has 0 aliphatic heterocycles. The van der Waals surface area contributed by atoms with E-state index < -0.39 is 24.3 Å². The zero-order valence-corrected chi connectivity index (χ0v) is 18.6. The van der Waals surface area contributed by atoms with Gasteiger partial charge in [0.05, 0.1) is 21.3 Å². The summed E-state index contributed by atoms with van der Waals surface area (Å²) in [6.07, 6.45) is 4.65. The molecule has 33 heavy (non-hydrogen) atoms. The molecular formula is C24H17ClFN3O3S. The van der Waals surface area contributed by atoms with Gasteiger partial charge in [-0.1, -0.05) is 35.9 Å². The van der Waals surface area contributed by atoms with E-state index in [1.165, 1.54) is 23.5 Å². The Balaban J connectivity index is 1.43. The van der Waals surface area contributed by atoms with Crippen molar-refractivity contribution >= 4 is 46.6 Å². The molecule has 0 radical (unpaired) electrons. The minimum Gasteiger partial charge on any atom is -0.452 e. The zero-order valence-electron chi connectivity index (χ0n) is 17.1. The van der Waals surface area contributed by atoms with Crippen LogP contribution in [0.2, 0.25) is 5.02 Å². The van der Waals surface area contributed by atoms with Gasteiger partial charge in [0, 0.05) is 17.8 Å². The molecule has 6 nitrogen and oxygen atoms in total. The average Bonchev–Trinajstić information content (AvgIpc) is 3.49. The molecule has 4 aromatic rings. The normalized spacial score (nSPS) is 11.0. The Hall–Kier alpha value is -3.75. The molecule has 9 heteroatoms. The first-order valence-corrected chi connectivity index (χ1v) is 11.0. The van der Waals surface area contributed by atoms with Crippen LogP contribution in [0.1, 0.15) is 5.56 Å². The number of anilines is 1. The lowest BCUT2D eigenvalue weighted by Crippen LogP contribution is -2.20. The molecule has 0 unspecified atom stereocenters. The number of amides is 1. The quantitative estimate of drug-likeness (QED) is 0.276.